The second-order valence-electron chi connectivity index (χ2n) is 4.09. The largest absolute Gasteiger partial charge is 0.468 e. The quantitative estimate of drug-likeness (QED) is 0.801. The number of hydrogen-bond donors (Lipinski definition) is 0. The summed E-state index contributed by atoms with van der Waals surface area (Å²) in [6, 6.07) is 4.05. The Morgan fingerprint density at radius 2 is 2.29 bits per heavy atom. The van der Waals surface area contributed by atoms with E-state index in [0.29, 0.717) is 0 Å². The average molecular weight is 265 g/mol. The van der Waals surface area contributed by atoms with Gasteiger partial charge in [-0.25, -0.2) is 4.98 Å². The minimum atomic E-state index is -0.436. The second-order valence-corrected chi connectivity index (χ2v) is 5.89. The van der Waals surface area contributed by atoms with Crippen LogP contribution in [0.4, 0.5) is 0 Å². The molecule has 0 amide bonds. The van der Waals surface area contributed by atoms with Crippen LogP contribution in [0.15, 0.2) is 22.9 Å². The Kier molecular flexibility index (Phi) is 2.52. The Bertz CT molecular complexity index is 541. The number of thiazole rings is 1. The number of hydrogen-bond acceptors (Lipinski definition) is 5. The van der Waals surface area contributed by atoms with Crippen LogP contribution in [-0.4, -0.2) is 18.1 Å². The van der Waals surface area contributed by atoms with E-state index < -0.39 is 5.41 Å². The molecule has 1 saturated carbocycles. The first-order valence-electron chi connectivity index (χ1n) is 5.34. The molecule has 17 heavy (non-hydrogen) atoms. The second kappa shape index (κ2) is 3.92. The predicted molar refractivity (Wildman–Crippen MR) is 68.4 cm³/mol. The van der Waals surface area contributed by atoms with Crippen LogP contribution < -0.4 is 0 Å². The number of rotatable bonds is 3. The van der Waals surface area contributed by atoms with Crippen molar-refractivity contribution >= 4 is 28.6 Å². The van der Waals surface area contributed by atoms with Crippen molar-refractivity contribution in [2.24, 2.45) is 0 Å². The maximum absolute atomic E-state index is 11.7. The van der Waals surface area contributed by atoms with Crippen LogP contribution in [0.1, 0.15) is 17.8 Å². The molecule has 3 rings (SSSR count). The van der Waals surface area contributed by atoms with E-state index in [2.05, 4.69) is 4.98 Å². The fourth-order valence-corrected chi connectivity index (χ4v) is 3.68. The highest BCUT2D eigenvalue weighted by atomic mass is 32.1. The van der Waals surface area contributed by atoms with E-state index in [0.717, 1.165) is 28.4 Å². The lowest BCUT2D eigenvalue weighted by Gasteiger charge is -2.08. The summed E-state index contributed by atoms with van der Waals surface area (Å²) < 4.78 is 4.86. The summed E-state index contributed by atoms with van der Waals surface area (Å²) in [7, 11) is 1.44. The van der Waals surface area contributed by atoms with Gasteiger partial charge in [0.05, 0.1) is 17.7 Å². The molecule has 0 atom stereocenters. The molecule has 5 heteroatoms. The van der Waals surface area contributed by atoms with Crippen LogP contribution in [-0.2, 0) is 14.9 Å². The van der Waals surface area contributed by atoms with Gasteiger partial charge in [0.15, 0.2) is 0 Å². The van der Waals surface area contributed by atoms with E-state index in [1.54, 1.807) is 22.7 Å². The summed E-state index contributed by atoms with van der Waals surface area (Å²) in [4.78, 5) is 17.5. The van der Waals surface area contributed by atoms with Gasteiger partial charge >= 0.3 is 5.97 Å². The van der Waals surface area contributed by atoms with Crippen molar-refractivity contribution in [1.82, 2.24) is 4.98 Å². The summed E-state index contributed by atoms with van der Waals surface area (Å²) >= 11 is 3.22. The fraction of sp³-hybridized carbons (Fsp3) is 0.333. The number of carbonyl (C=O) groups excluding carboxylic acids is 1. The van der Waals surface area contributed by atoms with Crippen LogP contribution in [0.3, 0.4) is 0 Å². The van der Waals surface area contributed by atoms with E-state index in [4.69, 9.17) is 4.74 Å². The highest BCUT2D eigenvalue weighted by Crippen LogP contribution is 2.50. The molecule has 88 valence electrons. The van der Waals surface area contributed by atoms with Crippen molar-refractivity contribution in [3.63, 3.8) is 0 Å². The number of methoxy groups -OCH3 is 1. The van der Waals surface area contributed by atoms with Gasteiger partial charge in [-0.2, -0.15) is 0 Å². The molecule has 1 fully saturated rings. The minimum absolute atomic E-state index is 0.149. The van der Waals surface area contributed by atoms with Gasteiger partial charge in [-0.05, 0) is 24.3 Å². The molecule has 0 saturated heterocycles. The number of thiophene rings is 1. The molecule has 0 radical (unpaired) electrons. The zero-order valence-corrected chi connectivity index (χ0v) is 10.9. The van der Waals surface area contributed by atoms with Crippen LogP contribution in [0.2, 0.25) is 0 Å². The first kappa shape index (κ1) is 10.9. The Morgan fingerprint density at radius 3 is 2.88 bits per heavy atom. The van der Waals surface area contributed by atoms with Gasteiger partial charge < -0.3 is 4.74 Å². The minimum Gasteiger partial charge on any atom is -0.468 e. The van der Waals surface area contributed by atoms with Crippen molar-refractivity contribution in [1.29, 1.82) is 0 Å². The first-order chi connectivity index (χ1) is 8.26. The number of esters is 1. The third-order valence-electron chi connectivity index (χ3n) is 3.01. The molecule has 1 aliphatic carbocycles. The van der Waals surface area contributed by atoms with E-state index in [1.165, 1.54) is 7.11 Å². The number of nitrogens with zero attached hydrogens (tertiary/aromatic N) is 1. The molecule has 3 nitrogen and oxygen atoms in total. The van der Waals surface area contributed by atoms with Gasteiger partial charge in [0.2, 0.25) is 0 Å². The van der Waals surface area contributed by atoms with E-state index in [1.807, 2.05) is 22.9 Å². The van der Waals surface area contributed by atoms with Gasteiger partial charge in [-0.1, -0.05) is 6.07 Å². The molecule has 0 spiro atoms. The van der Waals surface area contributed by atoms with Crippen molar-refractivity contribution in [3.8, 4) is 10.6 Å². The van der Waals surface area contributed by atoms with Gasteiger partial charge in [0.1, 0.15) is 10.4 Å². The molecule has 2 heterocycles. The Hall–Kier alpha value is -1.20. The third kappa shape index (κ3) is 1.70. The normalized spacial score (nSPS) is 16.8. The Morgan fingerprint density at radius 1 is 1.47 bits per heavy atom. The highest BCUT2D eigenvalue weighted by molar-refractivity contribution is 7.14. The molecule has 0 N–H and O–H groups in total. The zero-order valence-electron chi connectivity index (χ0n) is 9.30. The predicted octanol–water partition coefficient (Wildman–Crippen LogP) is 3.08. The van der Waals surface area contributed by atoms with Crippen LogP contribution in [0.25, 0.3) is 10.6 Å². The molecular formula is C12H11NO2S2. The molecule has 2 aromatic heterocycles. The standard InChI is InChI=1S/C12H11NO2S2/c1-15-11(14)12(4-5-12)10-13-8(7-17-10)9-3-2-6-16-9/h2-3,6-7H,4-5H2,1H3. The summed E-state index contributed by atoms with van der Waals surface area (Å²) in [6.45, 7) is 0. The van der Waals surface area contributed by atoms with Crippen LogP contribution in [0, 0.1) is 0 Å². The average Bonchev–Trinajstić information content (AvgIpc) is 2.84. The van der Waals surface area contributed by atoms with Crippen molar-refractivity contribution in [2.45, 2.75) is 18.3 Å². The smallest absolute Gasteiger partial charge is 0.318 e. The molecule has 2 aromatic rings. The lowest BCUT2D eigenvalue weighted by atomic mass is 10.1. The number of aromatic nitrogens is 1. The molecule has 0 aromatic carbocycles. The Balaban J connectivity index is 1.94. The van der Waals surface area contributed by atoms with Crippen molar-refractivity contribution in [2.75, 3.05) is 7.11 Å². The fourth-order valence-electron chi connectivity index (χ4n) is 1.86. The molecular weight excluding hydrogens is 254 g/mol. The maximum atomic E-state index is 11.7. The van der Waals surface area contributed by atoms with Gasteiger partial charge in [-0.15, -0.1) is 22.7 Å². The zero-order chi connectivity index (χ0) is 11.9. The summed E-state index contributed by atoms with van der Waals surface area (Å²) in [5.74, 6) is -0.149. The molecule has 1 aliphatic rings. The highest BCUT2D eigenvalue weighted by Gasteiger charge is 2.55. The third-order valence-corrected chi connectivity index (χ3v) is 4.95. The van der Waals surface area contributed by atoms with E-state index in [-0.39, 0.29) is 5.97 Å². The van der Waals surface area contributed by atoms with Crippen LogP contribution in [0.5, 0.6) is 0 Å². The van der Waals surface area contributed by atoms with Crippen molar-refractivity contribution < 1.29 is 9.53 Å². The molecule has 0 unspecified atom stereocenters. The van der Waals surface area contributed by atoms with Crippen LogP contribution >= 0.6 is 22.7 Å². The van der Waals surface area contributed by atoms with E-state index >= 15 is 0 Å². The summed E-state index contributed by atoms with van der Waals surface area (Å²) in [6.07, 6.45) is 1.72. The summed E-state index contributed by atoms with van der Waals surface area (Å²) in [5.41, 5.74) is 0.532. The van der Waals surface area contributed by atoms with Gasteiger partial charge in [-0.3, -0.25) is 4.79 Å². The lowest BCUT2D eigenvalue weighted by molar-refractivity contribution is -0.143. The topological polar surface area (TPSA) is 39.2 Å². The monoisotopic (exact) mass is 265 g/mol. The van der Waals surface area contributed by atoms with Crippen molar-refractivity contribution in [3.05, 3.63) is 27.9 Å². The Labute approximate surface area is 107 Å². The lowest BCUT2D eigenvalue weighted by Crippen LogP contribution is -2.21. The van der Waals surface area contributed by atoms with E-state index in [9.17, 15) is 4.79 Å². The van der Waals surface area contributed by atoms with Gasteiger partial charge in [0, 0.05) is 5.38 Å². The summed E-state index contributed by atoms with van der Waals surface area (Å²) in [5, 5.41) is 4.94. The SMILES string of the molecule is COC(=O)C1(c2nc(-c3cccs3)cs2)CC1. The molecule has 0 bridgehead atoms. The van der Waals surface area contributed by atoms with Gasteiger partial charge in [0.25, 0.3) is 0 Å². The number of carbonyl (C=O) groups is 1. The number of ether oxygens (including phenoxy) is 1. The first-order valence-corrected chi connectivity index (χ1v) is 7.10. The maximum Gasteiger partial charge on any atom is 0.318 e. The molecule has 0 aliphatic heterocycles.